The molecule has 0 spiro atoms. The van der Waals surface area contributed by atoms with Crippen LogP contribution in [-0.4, -0.2) is 22.1 Å². The maximum Gasteiger partial charge on any atom is 0.185 e. The SMILES string of the molecule is CC(C)(C)c1cc(/C=C/C(=O)c2ccc(Br)cc2)cc(C=Nc2ccc(Nc3ccnc4cc(Cl)ccc34)cc2)c1O. The lowest BCUT2D eigenvalue weighted by atomic mass is 9.84. The van der Waals surface area contributed by atoms with E-state index in [1.807, 2.05) is 93.6 Å². The second-order valence-corrected chi connectivity index (χ2v) is 12.3. The molecular formula is C35H29BrClN3O2. The molecule has 1 heterocycles. The summed E-state index contributed by atoms with van der Waals surface area (Å²) in [4.78, 5) is 21.7. The van der Waals surface area contributed by atoms with Gasteiger partial charge in [-0.15, -0.1) is 0 Å². The maximum absolute atomic E-state index is 12.7. The van der Waals surface area contributed by atoms with E-state index in [4.69, 9.17) is 11.6 Å². The summed E-state index contributed by atoms with van der Waals surface area (Å²) in [5.41, 5.74) is 5.80. The molecule has 0 amide bonds. The highest BCUT2D eigenvalue weighted by molar-refractivity contribution is 9.10. The first-order valence-corrected chi connectivity index (χ1v) is 14.5. The fourth-order valence-electron chi connectivity index (χ4n) is 4.49. The summed E-state index contributed by atoms with van der Waals surface area (Å²) >= 11 is 9.51. The largest absolute Gasteiger partial charge is 0.507 e. The summed E-state index contributed by atoms with van der Waals surface area (Å²) in [5.74, 6) is 0.0750. The lowest BCUT2D eigenvalue weighted by molar-refractivity contribution is 0.104. The third-order valence-electron chi connectivity index (χ3n) is 6.73. The molecule has 210 valence electrons. The minimum Gasteiger partial charge on any atom is -0.507 e. The third kappa shape index (κ3) is 6.96. The predicted molar refractivity (Wildman–Crippen MR) is 178 cm³/mol. The van der Waals surface area contributed by atoms with E-state index in [0.29, 0.717) is 16.1 Å². The molecule has 7 heteroatoms. The van der Waals surface area contributed by atoms with E-state index in [0.717, 1.165) is 43.6 Å². The Morgan fingerprint density at radius 1 is 0.976 bits per heavy atom. The van der Waals surface area contributed by atoms with Crippen LogP contribution >= 0.6 is 27.5 Å². The molecule has 0 bridgehead atoms. The topological polar surface area (TPSA) is 74.6 Å². The van der Waals surface area contributed by atoms with Crippen molar-refractivity contribution >= 4 is 73.6 Å². The number of aromatic nitrogens is 1. The number of carbonyl (C=O) groups is 1. The van der Waals surface area contributed by atoms with Gasteiger partial charge >= 0.3 is 0 Å². The zero-order valence-electron chi connectivity index (χ0n) is 23.4. The highest BCUT2D eigenvalue weighted by Gasteiger charge is 2.20. The van der Waals surface area contributed by atoms with Crippen LogP contribution in [0.25, 0.3) is 17.0 Å². The molecule has 0 unspecified atom stereocenters. The Bertz CT molecular complexity index is 1820. The van der Waals surface area contributed by atoms with Crippen molar-refractivity contribution in [2.24, 2.45) is 4.99 Å². The van der Waals surface area contributed by atoms with E-state index in [1.54, 1.807) is 36.7 Å². The molecular weight excluding hydrogens is 610 g/mol. The van der Waals surface area contributed by atoms with Crippen LogP contribution in [-0.2, 0) is 5.41 Å². The molecule has 0 saturated carbocycles. The number of nitrogens with one attached hydrogen (secondary N) is 1. The van der Waals surface area contributed by atoms with Gasteiger partial charge in [-0.2, -0.15) is 0 Å². The number of fused-ring (bicyclic) bond motifs is 1. The van der Waals surface area contributed by atoms with Crippen molar-refractivity contribution in [2.75, 3.05) is 5.32 Å². The van der Waals surface area contributed by atoms with Gasteiger partial charge < -0.3 is 10.4 Å². The van der Waals surface area contributed by atoms with Crippen molar-refractivity contribution in [1.82, 2.24) is 4.98 Å². The van der Waals surface area contributed by atoms with Crippen LogP contribution in [0.3, 0.4) is 0 Å². The van der Waals surface area contributed by atoms with E-state index in [-0.39, 0.29) is 16.9 Å². The van der Waals surface area contributed by atoms with Gasteiger partial charge in [-0.3, -0.25) is 14.8 Å². The molecule has 5 nitrogen and oxygen atoms in total. The van der Waals surface area contributed by atoms with Crippen molar-refractivity contribution in [3.8, 4) is 5.75 Å². The number of rotatable bonds is 7. The van der Waals surface area contributed by atoms with Crippen molar-refractivity contribution < 1.29 is 9.90 Å². The van der Waals surface area contributed by atoms with Crippen molar-refractivity contribution in [1.29, 1.82) is 0 Å². The number of hydrogen-bond donors (Lipinski definition) is 2. The first-order valence-electron chi connectivity index (χ1n) is 13.4. The maximum atomic E-state index is 12.7. The van der Waals surface area contributed by atoms with Crippen molar-refractivity contribution in [2.45, 2.75) is 26.2 Å². The Labute approximate surface area is 258 Å². The zero-order chi connectivity index (χ0) is 29.9. The Balaban J connectivity index is 1.38. The third-order valence-corrected chi connectivity index (χ3v) is 7.49. The number of hydrogen-bond acceptors (Lipinski definition) is 5. The number of carbonyl (C=O) groups excluding carboxylic acids is 1. The summed E-state index contributed by atoms with van der Waals surface area (Å²) in [6, 6.07) is 26.2. The summed E-state index contributed by atoms with van der Waals surface area (Å²) in [6.45, 7) is 6.11. The second kappa shape index (κ2) is 12.3. The van der Waals surface area contributed by atoms with Crippen LogP contribution in [0.5, 0.6) is 5.75 Å². The van der Waals surface area contributed by atoms with Gasteiger partial charge in [-0.05, 0) is 102 Å². The number of phenols is 1. The first kappa shape index (κ1) is 29.2. The Morgan fingerprint density at radius 2 is 1.71 bits per heavy atom. The summed E-state index contributed by atoms with van der Waals surface area (Å²) in [5, 5.41) is 16.2. The normalized spacial score (nSPS) is 11.9. The molecule has 0 radical (unpaired) electrons. The molecule has 0 aliphatic heterocycles. The number of phenolic OH excluding ortho intramolecular Hbond substituents is 1. The number of ketones is 1. The highest BCUT2D eigenvalue weighted by Crippen LogP contribution is 2.35. The Hall–Kier alpha value is -4.26. The van der Waals surface area contributed by atoms with Crippen molar-refractivity contribution in [3.05, 3.63) is 129 Å². The molecule has 1 aromatic heterocycles. The smallest absolute Gasteiger partial charge is 0.185 e. The van der Waals surface area contributed by atoms with Crippen LogP contribution in [0.15, 0.2) is 107 Å². The van der Waals surface area contributed by atoms with Crippen LogP contribution in [0, 0.1) is 0 Å². The monoisotopic (exact) mass is 637 g/mol. The standard InChI is InChI=1S/C35H29BrClN3O2/c1-35(2,3)30-19-22(4-15-33(41)23-5-7-25(36)8-6-23)18-24(34(30)42)21-39-27-10-12-28(13-11-27)40-31-16-17-38-32-20-26(37)9-14-29(31)32/h4-21,42H,1-3H3,(H,38,40)/b15-4+,39-21?. The minimum absolute atomic E-state index is 0.0969. The molecule has 0 aliphatic carbocycles. The fourth-order valence-corrected chi connectivity index (χ4v) is 4.92. The van der Waals surface area contributed by atoms with Gasteiger partial charge in [0.2, 0.25) is 0 Å². The first-order chi connectivity index (χ1) is 20.1. The number of benzene rings is 4. The van der Waals surface area contributed by atoms with Gasteiger partial charge in [0.25, 0.3) is 0 Å². The van der Waals surface area contributed by atoms with Gasteiger partial charge in [0, 0.05) is 55.4 Å². The number of aliphatic imine (C=N–C) groups is 1. The fraction of sp³-hybridized carbons (Fsp3) is 0.114. The molecule has 0 fully saturated rings. The molecule has 4 aromatic carbocycles. The van der Waals surface area contributed by atoms with E-state index in [9.17, 15) is 9.90 Å². The average Bonchev–Trinajstić information content (AvgIpc) is 2.96. The van der Waals surface area contributed by atoms with Crippen LogP contribution in [0.1, 0.15) is 47.8 Å². The zero-order valence-corrected chi connectivity index (χ0v) is 25.7. The minimum atomic E-state index is -0.317. The Morgan fingerprint density at radius 3 is 2.43 bits per heavy atom. The number of pyridine rings is 1. The van der Waals surface area contributed by atoms with Crippen LogP contribution in [0.2, 0.25) is 5.02 Å². The number of allylic oxidation sites excluding steroid dienone is 1. The lowest BCUT2D eigenvalue weighted by Gasteiger charge is -2.22. The average molecular weight is 639 g/mol. The molecule has 2 N–H and O–H groups in total. The van der Waals surface area contributed by atoms with Gasteiger partial charge in [0.05, 0.1) is 11.2 Å². The van der Waals surface area contributed by atoms with Gasteiger partial charge in [-0.25, -0.2) is 0 Å². The summed E-state index contributed by atoms with van der Waals surface area (Å²) < 4.78 is 0.916. The summed E-state index contributed by atoms with van der Waals surface area (Å²) in [7, 11) is 0. The lowest BCUT2D eigenvalue weighted by Crippen LogP contribution is -2.12. The molecule has 5 aromatic rings. The van der Waals surface area contributed by atoms with Gasteiger partial charge in [0.1, 0.15) is 5.75 Å². The summed E-state index contributed by atoms with van der Waals surface area (Å²) in [6.07, 6.45) is 6.72. The molecule has 0 saturated heterocycles. The quantitative estimate of drug-likeness (QED) is 0.106. The molecule has 5 rings (SSSR count). The van der Waals surface area contributed by atoms with E-state index < -0.39 is 0 Å². The van der Waals surface area contributed by atoms with Crippen molar-refractivity contribution in [3.63, 3.8) is 0 Å². The molecule has 0 aliphatic rings. The van der Waals surface area contributed by atoms with Crippen LogP contribution in [0.4, 0.5) is 17.1 Å². The highest BCUT2D eigenvalue weighted by atomic mass is 79.9. The van der Waals surface area contributed by atoms with E-state index >= 15 is 0 Å². The van der Waals surface area contributed by atoms with Crippen LogP contribution < -0.4 is 5.32 Å². The van der Waals surface area contributed by atoms with Gasteiger partial charge in [0.15, 0.2) is 5.78 Å². The molecule has 42 heavy (non-hydrogen) atoms. The van der Waals surface area contributed by atoms with Gasteiger partial charge in [-0.1, -0.05) is 54.4 Å². The number of halogens is 2. The Kier molecular flexibility index (Phi) is 8.57. The molecule has 0 atom stereocenters. The number of anilines is 2. The number of aromatic hydroxyl groups is 1. The van der Waals surface area contributed by atoms with E-state index in [2.05, 4.69) is 31.2 Å². The number of nitrogens with zero attached hydrogens (tertiary/aromatic N) is 2. The predicted octanol–water partition coefficient (Wildman–Crippen LogP) is 10.0. The van der Waals surface area contributed by atoms with E-state index in [1.165, 1.54) is 0 Å². The second-order valence-electron chi connectivity index (χ2n) is 10.9.